The summed E-state index contributed by atoms with van der Waals surface area (Å²) in [6, 6.07) is 6.85. The lowest BCUT2D eigenvalue weighted by Crippen LogP contribution is -2.33. The van der Waals surface area contributed by atoms with E-state index in [1.807, 2.05) is 0 Å². The van der Waals surface area contributed by atoms with Crippen molar-refractivity contribution < 1.29 is 14.6 Å². The summed E-state index contributed by atoms with van der Waals surface area (Å²) in [6.07, 6.45) is 1.61. The molecule has 1 saturated heterocycles. The van der Waals surface area contributed by atoms with E-state index in [2.05, 4.69) is 5.32 Å². The smallest absolute Gasteiger partial charge is 0.223 e. The second-order valence-electron chi connectivity index (χ2n) is 4.27. The van der Waals surface area contributed by atoms with Gasteiger partial charge in [-0.25, -0.2) is 0 Å². The van der Waals surface area contributed by atoms with Crippen molar-refractivity contribution >= 4 is 5.91 Å². The van der Waals surface area contributed by atoms with Crippen LogP contribution in [0.2, 0.25) is 0 Å². The normalized spacial score (nSPS) is 16.7. The van der Waals surface area contributed by atoms with Gasteiger partial charge in [0.05, 0.1) is 0 Å². The van der Waals surface area contributed by atoms with Crippen LogP contribution in [-0.2, 0) is 16.1 Å². The molecule has 0 bridgehead atoms. The summed E-state index contributed by atoms with van der Waals surface area (Å²) in [5, 5.41) is 12.0. The van der Waals surface area contributed by atoms with Crippen molar-refractivity contribution in [3.05, 3.63) is 29.8 Å². The second kappa shape index (κ2) is 5.68. The van der Waals surface area contributed by atoms with Crippen LogP contribution in [0.25, 0.3) is 0 Å². The molecule has 0 atom stereocenters. The molecule has 1 aliphatic heterocycles. The fraction of sp³-hybridized carbons (Fsp3) is 0.462. The Morgan fingerprint density at radius 2 is 1.94 bits per heavy atom. The molecular weight excluding hydrogens is 218 g/mol. The molecular formula is C13H17NO3. The molecule has 4 nitrogen and oxygen atoms in total. The van der Waals surface area contributed by atoms with E-state index in [-0.39, 0.29) is 17.6 Å². The highest BCUT2D eigenvalue weighted by Crippen LogP contribution is 2.15. The molecule has 17 heavy (non-hydrogen) atoms. The van der Waals surface area contributed by atoms with Gasteiger partial charge in [0.1, 0.15) is 5.75 Å². The Labute approximate surface area is 101 Å². The average molecular weight is 235 g/mol. The van der Waals surface area contributed by atoms with Gasteiger partial charge in [-0.2, -0.15) is 0 Å². The van der Waals surface area contributed by atoms with E-state index in [0.717, 1.165) is 18.4 Å². The summed E-state index contributed by atoms with van der Waals surface area (Å²) in [5.41, 5.74) is 0.989. The Morgan fingerprint density at radius 1 is 1.29 bits per heavy atom. The van der Waals surface area contributed by atoms with Gasteiger partial charge in [-0.05, 0) is 30.5 Å². The first-order chi connectivity index (χ1) is 8.25. The van der Waals surface area contributed by atoms with E-state index in [4.69, 9.17) is 9.84 Å². The highest BCUT2D eigenvalue weighted by molar-refractivity contribution is 5.78. The number of aromatic hydroxyl groups is 1. The first-order valence-corrected chi connectivity index (χ1v) is 5.89. The molecule has 1 aromatic rings. The topological polar surface area (TPSA) is 58.6 Å². The summed E-state index contributed by atoms with van der Waals surface area (Å²) in [6.45, 7) is 1.87. The molecule has 2 rings (SSSR count). The highest BCUT2D eigenvalue weighted by Gasteiger charge is 2.20. The molecule has 1 aliphatic rings. The predicted octanol–water partition coefficient (Wildman–Crippen LogP) is 1.43. The number of carbonyl (C=O) groups excluding carboxylic acids is 1. The molecule has 4 heteroatoms. The van der Waals surface area contributed by atoms with Crippen LogP contribution in [0.15, 0.2) is 24.3 Å². The van der Waals surface area contributed by atoms with Gasteiger partial charge in [0.2, 0.25) is 5.91 Å². The Hall–Kier alpha value is -1.55. The quantitative estimate of drug-likeness (QED) is 0.833. The van der Waals surface area contributed by atoms with Gasteiger partial charge in [0, 0.05) is 25.7 Å². The summed E-state index contributed by atoms with van der Waals surface area (Å²) in [4.78, 5) is 11.8. The molecule has 0 unspecified atom stereocenters. The van der Waals surface area contributed by atoms with Crippen LogP contribution >= 0.6 is 0 Å². The molecule has 2 N–H and O–H groups in total. The van der Waals surface area contributed by atoms with Crippen molar-refractivity contribution in [1.29, 1.82) is 0 Å². The molecule has 1 heterocycles. The van der Waals surface area contributed by atoms with Gasteiger partial charge in [0.15, 0.2) is 0 Å². The minimum Gasteiger partial charge on any atom is -0.508 e. The zero-order valence-corrected chi connectivity index (χ0v) is 9.69. The fourth-order valence-electron chi connectivity index (χ4n) is 1.91. The molecule has 1 amide bonds. The lowest BCUT2D eigenvalue weighted by atomic mass is 9.99. The van der Waals surface area contributed by atoms with Crippen LogP contribution in [-0.4, -0.2) is 24.2 Å². The number of phenols is 1. The van der Waals surface area contributed by atoms with Crippen LogP contribution in [0.1, 0.15) is 18.4 Å². The largest absolute Gasteiger partial charge is 0.508 e. The number of carbonyl (C=O) groups is 1. The number of rotatable bonds is 3. The summed E-state index contributed by atoms with van der Waals surface area (Å²) < 4.78 is 5.22. The molecule has 1 fully saturated rings. The van der Waals surface area contributed by atoms with Crippen molar-refractivity contribution in [2.45, 2.75) is 19.4 Å². The van der Waals surface area contributed by atoms with Gasteiger partial charge in [0.25, 0.3) is 0 Å². The number of hydrogen-bond donors (Lipinski definition) is 2. The van der Waals surface area contributed by atoms with Crippen molar-refractivity contribution in [3.8, 4) is 5.75 Å². The Kier molecular flexibility index (Phi) is 3.98. The maximum atomic E-state index is 11.8. The van der Waals surface area contributed by atoms with Crippen LogP contribution < -0.4 is 5.32 Å². The number of benzene rings is 1. The molecule has 0 radical (unpaired) electrons. The van der Waals surface area contributed by atoms with Crippen molar-refractivity contribution in [1.82, 2.24) is 5.32 Å². The number of phenolic OH excluding ortho intramolecular Hbond substituents is 1. The van der Waals surface area contributed by atoms with Crippen molar-refractivity contribution in [2.75, 3.05) is 13.2 Å². The third-order valence-electron chi connectivity index (χ3n) is 3.00. The SMILES string of the molecule is O=C(NCc1ccc(O)cc1)C1CCOCC1. The maximum absolute atomic E-state index is 11.8. The van der Waals surface area contributed by atoms with Gasteiger partial charge in [-0.1, -0.05) is 12.1 Å². The van der Waals surface area contributed by atoms with Crippen LogP contribution in [0.5, 0.6) is 5.75 Å². The van der Waals surface area contributed by atoms with E-state index in [1.165, 1.54) is 0 Å². The Morgan fingerprint density at radius 3 is 2.59 bits per heavy atom. The lowest BCUT2D eigenvalue weighted by Gasteiger charge is -2.21. The fourth-order valence-corrected chi connectivity index (χ4v) is 1.91. The molecule has 0 saturated carbocycles. The van der Waals surface area contributed by atoms with Crippen LogP contribution in [0, 0.1) is 5.92 Å². The van der Waals surface area contributed by atoms with E-state index in [0.29, 0.717) is 19.8 Å². The summed E-state index contributed by atoms with van der Waals surface area (Å²) in [7, 11) is 0. The number of hydrogen-bond acceptors (Lipinski definition) is 3. The maximum Gasteiger partial charge on any atom is 0.223 e. The molecule has 92 valence electrons. The molecule has 0 spiro atoms. The number of nitrogens with one attached hydrogen (secondary N) is 1. The van der Waals surface area contributed by atoms with E-state index in [1.54, 1.807) is 24.3 Å². The van der Waals surface area contributed by atoms with Gasteiger partial charge < -0.3 is 15.2 Å². The summed E-state index contributed by atoms with van der Waals surface area (Å²) in [5.74, 6) is 0.423. The van der Waals surface area contributed by atoms with Gasteiger partial charge >= 0.3 is 0 Å². The zero-order valence-electron chi connectivity index (χ0n) is 9.69. The van der Waals surface area contributed by atoms with Gasteiger partial charge in [-0.15, -0.1) is 0 Å². The first kappa shape index (κ1) is 11.9. The second-order valence-corrected chi connectivity index (χ2v) is 4.27. The van der Waals surface area contributed by atoms with Gasteiger partial charge in [-0.3, -0.25) is 4.79 Å². The Bertz CT molecular complexity index is 369. The summed E-state index contributed by atoms with van der Waals surface area (Å²) >= 11 is 0. The standard InChI is InChI=1S/C13H17NO3/c15-12-3-1-10(2-4-12)9-14-13(16)11-5-7-17-8-6-11/h1-4,11,15H,5-9H2,(H,14,16). The number of ether oxygens (including phenoxy) is 1. The van der Waals surface area contributed by atoms with Crippen LogP contribution in [0.4, 0.5) is 0 Å². The lowest BCUT2D eigenvalue weighted by molar-refractivity contribution is -0.128. The highest BCUT2D eigenvalue weighted by atomic mass is 16.5. The number of amides is 1. The predicted molar refractivity (Wildman–Crippen MR) is 63.5 cm³/mol. The third kappa shape index (κ3) is 3.46. The van der Waals surface area contributed by atoms with Crippen LogP contribution in [0.3, 0.4) is 0 Å². The zero-order chi connectivity index (χ0) is 12.1. The third-order valence-corrected chi connectivity index (χ3v) is 3.00. The van der Waals surface area contributed by atoms with E-state index >= 15 is 0 Å². The monoisotopic (exact) mass is 235 g/mol. The minimum atomic E-state index is 0.0841. The molecule has 0 aromatic heterocycles. The average Bonchev–Trinajstić information content (AvgIpc) is 2.39. The molecule has 1 aromatic carbocycles. The van der Waals surface area contributed by atoms with Crippen molar-refractivity contribution in [3.63, 3.8) is 0 Å². The van der Waals surface area contributed by atoms with E-state index < -0.39 is 0 Å². The minimum absolute atomic E-state index is 0.0841. The van der Waals surface area contributed by atoms with E-state index in [9.17, 15) is 4.79 Å². The first-order valence-electron chi connectivity index (χ1n) is 5.89. The molecule has 0 aliphatic carbocycles. The Balaban J connectivity index is 1.81. The van der Waals surface area contributed by atoms with Crippen molar-refractivity contribution in [2.24, 2.45) is 5.92 Å².